The van der Waals surface area contributed by atoms with E-state index in [4.69, 9.17) is 11.5 Å². The molecule has 1 aromatic rings. The maximum absolute atomic E-state index is 11.7. The van der Waals surface area contributed by atoms with Gasteiger partial charge in [0.2, 0.25) is 5.82 Å². The number of nitrogen functional groups attached to an aromatic ring is 2. The molecule has 0 unspecified atom stereocenters. The third kappa shape index (κ3) is 1.88. The summed E-state index contributed by atoms with van der Waals surface area (Å²) in [4.78, 5) is 5.71. The van der Waals surface area contributed by atoms with Crippen LogP contribution in [-0.2, 0) is 0 Å². The second-order valence-corrected chi connectivity index (χ2v) is 3.74. The molecular formula is C9H15N5O. The van der Waals surface area contributed by atoms with Crippen LogP contribution < -0.4 is 21.1 Å². The van der Waals surface area contributed by atoms with Gasteiger partial charge in [-0.25, -0.2) is 4.73 Å². The van der Waals surface area contributed by atoms with Gasteiger partial charge < -0.3 is 21.6 Å². The van der Waals surface area contributed by atoms with Crippen LogP contribution in [0.1, 0.15) is 19.3 Å². The molecule has 1 saturated heterocycles. The van der Waals surface area contributed by atoms with E-state index in [2.05, 4.69) is 4.98 Å². The van der Waals surface area contributed by atoms with Crippen molar-refractivity contribution >= 4 is 17.6 Å². The third-order valence-corrected chi connectivity index (χ3v) is 2.62. The second-order valence-electron chi connectivity index (χ2n) is 3.74. The fourth-order valence-corrected chi connectivity index (χ4v) is 1.86. The van der Waals surface area contributed by atoms with Crippen molar-refractivity contribution < 1.29 is 4.73 Å². The van der Waals surface area contributed by atoms with Gasteiger partial charge in [0.05, 0.1) is 19.2 Å². The van der Waals surface area contributed by atoms with Crippen molar-refractivity contribution in [2.45, 2.75) is 19.3 Å². The normalized spacial score (nSPS) is 16.7. The van der Waals surface area contributed by atoms with Gasteiger partial charge in [-0.1, -0.05) is 4.98 Å². The highest BCUT2D eigenvalue weighted by Crippen LogP contribution is 2.18. The van der Waals surface area contributed by atoms with Crippen LogP contribution in [0.3, 0.4) is 0 Å². The molecule has 2 rings (SSSR count). The molecule has 6 heteroatoms. The molecule has 0 atom stereocenters. The fourth-order valence-electron chi connectivity index (χ4n) is 1.86. The molecule has 4 N–H and O–H groups in total. The molecule has 1 fully saturated rings. The zero-order valence-electron chi connectivity index (χ0n) is 8.52. The Balaban J connectivity index is 2.33. The van der Waals surface area contributed by atoms with Gasteiger partial charge in [-0.2, -0.15) is 0 Å². The molecule has 2 heterocycles. The van der Waals surface area contributed by atoms with Gasteiger partial charge in [-0.15, -0.1) is 0 Å². The summed E-state index contributed by atoms with van der Waals surface area (Å²) < 4.78 is 0.641. The first-order chi connectivity index (χ1) is 7.18. The van der Waals surface area contributed by atoms with Gasteiger partial charge in [0, 0.05) is 0 Å². The molecule has 0 amide bonds. The Hall–Kier alpha value is -1.72. The Labute approximate surface area is 88.1 Å². The van der Waals surface area contributed by atoms with Crippen molar-refractivity contribution in [3.05, 3.63) is 11.3 Å². The van der Waals surface area contributed by atoms with Crippen molar-refractivity contribution in [3.63, 3.8) is 0 Å². The summed E-state index contributed by atoms with van der Waals surface area (Å²) in [5.41, 5.74) is 11.0. The summed E-state index contributed by atoms with van der Waals surface area (Å²) >= 11 is 0. The standard InChI is InChI=1S/C9H15N5O/c10-7-6-8(14(15)9(11)12-7)13-4-2-1-3-5-13/h6H,1-5H2,(H4,10,11,12). The maximum Gasteiger partial charge on any atom is 0.346 e. The zero-order chi connectivity index (χ0) is 10.8. The zero-order valence-corrected chi connectivity index (χ0v) is 8.52. The quantitative estimate of drug-likeness (QED) is 0.496. The summed E-state index contributed by atoms with van der Waals surface area (Å²) in [6.07, 6.45) is 3.41. The summed E-state index contributed by atoms with van der Waals surface area (Å²) in [5, 5.41) is 11.7. The molecule has 15 heavy (non-hydrogen) atoms. The van der Waals surface area contributed by atoms with E-state index >= 15 is 0 Å². The van der Waals surface area contributed by atoms with Crippen molar-refractivity contribution in [1.82, 2.24) is 4.98 Å². The molecule has 0 bridgehead atoms. The first-order valence-corrected chi connectivity index (χ1v) is 5.09. The number of aromatic nitrogens is 2. The van der Waals surface area contributed by atoms with E-state index in [-0.39, 0.29) is 5.95 Å². The third-order valence-electron chi connectivity index (χ3n) is 2.62. The first kappa shape index (κ1) is 9.82. The molecule has 6 nitrogen and oxygen atoms in total. The molecule has 0 radical (unpaired) electrons. The van der Waals surface area contributed by atoms with Crippen LogP contribution in [0, 0.1) is 5.21 Å². The summed E-state index contributed by atoms with van der Waals surface area (Å²) in [6, 6.07) is 1.58. The Morgan fingerprint density at radius 2 is 1.93 bits per heavy atom. The lowest BCUT2D eigenvalue weighted by Crippen LogP contribution is -2.43. The molecule has 1 aromatic heterocycles. The Kier molecular flexibility index (Phi) is 2.49. The molecule has 82 valence electrons. The predicted octanol–water partition coefficient (Wildman–Crippen LogP) is -0.130. The predicted molar refractivity (Wildman–Crippen MR) is 58.1 cm³/mol. The number of anilines is 3. The van der Waals surface area contributed by atoms with Crippen molar-refractivity contribution in [3.8, 4) is 0 Å². The summed E-state index contributed by atoms with van der Waals surface area (Å²) in [6.45, 7) is 1.76. The van der Waals surface area contributed by atoms with Gasteiger partial charge in [-0.05, 0) is 19.3 Å². The number of hydrogen-bond acceptors (Lipinski definition) is 5. The minimum Gasteiger partial charge on any atom is -0.754 e. The molecule has 0 aromatic carbocycles. The monoisotopic (exact) mass is 209 g/mol. The maximum atomic E-state index is 11.7. The minimum absolute atomic E-state index is 0.0874. The van der Waals surface area contributed by atoms with E-state index in [1.54, 1.807) is 6.07 Å². The molecular weight excluding hydrogens is 194 g/mol. The first-order valence-electron chi connectivity index (χ1n) is 5.09. The number of hydrogen-bond donors (Lipinski definition) is 2. The Morgan fingerprint density at radius 3 is 2.60 bits per heavy atom. The van der Waals surface area contributed by atoms with Crippen LogP contribution in [0.5, 0.6) is 0 Å². The van der Waals surface area contributed by atoms with E-state index < -0.39 is 0 Å². The van der Waals surface area contributed by atoms with E-state index in [1.807, 2.05) is 4.90 Å². The van der Waals surface area contributed by atoms with Gasteiger partial charge in [0.15, 0.2) is 5.82 Å². The number of rotatable bonds is 1. The summed E-state index contributed by atoms with van der Waals surface area (Å²) in [7, 11) is 0. The van der Waals surface area contributed by atoms with Crippen LogP contribution in [0.25, 0.3) is 0 Å². The number of nitrogens with zero attached hydrogens (tertiary/aromatic N) is 3. The number of piperidine rings is 1. The van der Waals surface area contributed by atoms with Crippen LogP contribution in [-0.4, -0.2) is 18.1 Å². The van der Waals surface area contributed by atoms with E-state index in [0.717, 1.165) is 25.9 Å². The van der Waals surface area contributed by atoms with Crippen LogP contribution in [0.2, 0.25) is 0 Å². The highest BCUT2D eigenvalue weighted by Gasteiger charge is 2.18. The largest absolute Gasteiger partial charge is 0.754 e. The molecule has 1 aliphatic heterocycles. The Bertz CT molecular complexity index is 362. The minimum atomic E-state index is -0.0874. The number of nitrogens with two attached hydrogens (primary N) is 2. The highest BCUT2D eigenvalue weighted by atomic mass is 16.5. The SMILES string of the molecule is Nc1cc(N2CCCCC2)[n+]([O-])c(N)n1. The van der Waals surface area contributed by atoms with Gasteiger partial charge in [0.1, 0.15) is 0 Å². The average molecular weight is 209 g/mol. The van der Waals surface area contributed by atoms with E-state index in [0.29, 0.717) is 16.4 Å². The summed E-state index contributed by atoms with van der Waals surface area (Å²) in [5.74, 6) is 0.718. The average Bonchev–Trinajstić information content (AvgIpc) is 2.24. The topological polar surface area (TPSA) is 95.1 Å². The van der Waals surface area contributed by atoms with Crippen LogP contribution in [0.4, 0.5) is 17.6 Å². The van der Waals surface area contributed by atoms with Gasteiger partial charge in [0.25, 0.3) is 0 Å². The van der Waals surface area contributed by atoms with E-state index in [9.17, 15) is 5.21 Å². The highest BCUT2D eigenvalue weighted by molar-refractivity contribution is 5.45. The van der Waals surface area contributed by atoms with Crippen molar-refractivity contribution in [2.75, 3.05) is 29.5 Å². The lowest BCUT2D eigenvalue weighted by atomic mass is 10.1. The van der Waals surface area contributed by atoms with Crippen LogP contribution in [0.15, 0.2) is 6.07 Å². The lowest BCUT2D eigenvalue weighted by molar-refractivity contribution is -0.579. The van der Waals surface area contributed by atoms with Crippen molar-refractivity contribution in [1.29, 1.82) is 0 Å². The fraction of sp³-hybridized carbons (Fsp3) is 0.556. The molecule has 0 aliphatic carbocycles. The second kappa shape index (κ2) is 3.80. The van der Waals surface area contributed by atoms with Crippen LogP contribution >= 0.6 is 0 Å². The lowest BCUT2D eigenvalue weighted by Gasteiger charge is -2.28. The molecule has 1 aliphatic rings. The molecule has 0 spiro atoms. The van der Waals surface area contributed by atoms with E-state index in [1.165, 1.54) is 6.42 Å². The Morgan fingerprint density at radius 1 is 1.27 bits per heavy atom. The van der Waals surface area contributed by atoms with Gasteiger partial charge >= 0.3 is 5.95 Å². The smallest absolute Gasteiger partial charge is 0.346 e. The molecule has 0 saturated carbocycles. The van der Waals surface area contributed by atoms with Gasteiger partial charge in [-0.3, -0.25) is 0 Å². The van der Waals surface area contributed by atoms with Crippen molar-refractivity contribution in [2.24, 2.45) is 0 Å².